The van der Waals surface area contributed by atoms with Gasteiger partial charge < -0.3 is 16.8 Å². The number of primary amides is 1. The van der Waals surface area contributed by atoms with Crippen LogP contribution in [0.1, 0.15) is 25.7 Å². The summed E-state index contributed by atoms with van der Waals surface area (Å²) in [4.78, 5) is 21.9. The van der Waals surface area contributed by atoms with Crippen LogP contribution in [0, 0.1) is 5.92 Å². The molecule has 0 aliphatic heterocycles. The zero-order chi connectivity index (χ0) is 10.6. The molecule has 2 unspecified atom stereocenters. The largest absolute Gasteiger partial charge is 0.370 e. The number of amides is 2. The first-order valence-corrected chi connectivity index (χ1v) is 4.93. The van der Waals surface area contributed by atoms with E-state index in [0.29, 0.717) is 6.54 Å². The van der Waals surface area contributed by atoms with Gasteiger partial charge in [0.15, 0.2) is 0 Å². The maximum atomic E-state index is 11.5. The summed E-state index contributed by atoms with van der Waals surface area (Å²) < 4.78 is 0. The highest BCUT2D eigenvalue weighted by Crippen LogP contribution is 2.23. The molecule has 0 heterocycles. The average molecular weight is 199 g/mol. The van der Waals surface area contributed by atoms with Crippen molar-refractivity contribution in [3.05, 3.63) is 0 Å². The summed E-state index contributed by atoms with van der Waals surface area (Å²) in [5.41, 5.74) is 10.7. The Hall–Kier alpha value is -1.10. The third-order valence-corrected chi connectivity index (χ3v) is 2.58. The highest BCUT2D eigenvalue weighted by molar-refractivity contribution is 5.80. The van der Waals surface area contributed by atoms with Gasteiger partial charge in [0.2, 0.25) is 11.8 Å². The molecule has 0 radical (unpaired) electrons. The van der Waals surface area contributed by atoms with E-state index in [0.717, 1.165) is 19.3 Å². The molecule has 0 bridgehead atoms. The molecule has 80 valence electrons. The number of carbonyl (C=O) groups is 2. The minimum atomic E-state index is -0.402. The molecule has 1 fully saturated rings. The SMILES string of the molecule is NC(=O)CCNC(=O)C1CCCC1N. The Balaban J connectivity index is 2.24. The lowest BCUT2D eigenvalue weighted by molar-refractivity contribution is -0.125. The van der Waals surface area contributed by atoms with E-state index in [-0.39, 0.29) is 24.3 Å². The van der Waals surface area contributed by atoms with Crippen LogP contribution in [0.2, 0.25) is 0 Å². The number of hydrogen-bond acceptors (Lipinski definition) is 3. The molecule has 5 nitrogen and oxygen atoms in total. The van der Waals surface area contributed by atoms with Gasteiger partial charge in [-0.25, -0.2) is 0 Å². The van der Waals surface area contributed by atoms with Gasteiger partial charge in [-0.05, 0) is 12.8 Å². The molecule has 1 rings (SSSR count). The van der Waals surface area contributed by atoms with Crippen LogP contribution in [0.3, 0.4) is 0 Å². The van der Waals surface area contributed by atoms with Gasteiger partial charge in [0.25, 0.3) is 0 Å². The number of hydrogen-bond donors (Lipinski definition) is 3. The van der Waals surface area contributed by atoms with Gasteiger partial charge in [0.1, 0.15) is 0 Å². The smallest absolute Gasteiger partial charge is 0.224 e. The van der Waals surface area contributed by atoms with Crippen molar-refractivity contribution in [2.75, 3.05) is 6.54 Å². The second-order valence-electron chi connectivity index (χ2n) is 3.71. The zero-order valence-electron chi connectivity index (χ0n) is 8.16. The molecular weight excluding hydrogens is 182 g/mol. The van der Waals surface area contributed by atoms with E-state index < -0.39 is 5.91 Å². The maximum Gasteiger partial charge on any atom is 0.224 e. The van der Waals surface area contributed by atoms with Gasteiger partial charge in [-0.2, -0.15) is 0 Å². The standard InChI is InChI=1S/C9H17N3O2/c10-7-3-1-2-6(7)9(14)12-5-4-8(11)13/h6-7H,1-5,10H2,(H2,11,13)(H,12,14). The van der Waals surface area contributed by atoms with Crippen molar-refractivity contribution in [1.29, 1.82) is 0 Å². The van der Waals surface area contributed by atoms with Gasteiger partial charge >= 0.3 is 0 Å². The first-order chi connectivity index (χ1) is 6.61. The molecule has 0 aromatic rings. The first kappa shape index (κ1) is 11.0. The Labute approximate surface area is 83.2 Å². The van der Waals surface area contributed by atoms with E-state index in [1.807, 2.05) is 0 Å². The monoisotopic (exact) mass is 199 g/mol. The molecule has 5 heteroatoms. The van der Waals surface area contributed by atoms with Crippen LogP contribution in [-0.4, -0.2) is 24.4 Å². The topological polar surface area (TPSA) is 98.2 Å². The second-order valence-corrected chi connectivity index (χ2v) is 3.71. The summed E-state index contributed by atoms with van der Waals surface area (Å²) in [6.07, 6.45) is 2.96. The van der Waals surface area contributed by atoms with E-state index in [1.54, 1.807) is 0 Å². The number of carbonyl (C=O) groups excluding carboxylic acids is 2. The highest BCUT2D eigenvalue weighted by Gasteiger charge is 2.29. The molecule has 0 aromatic heterocycles. The first-order valence-electron chi connectivity index (χ1n) is 4.93. The van der Waals surface area contributed by atoms with E-state index in [1.165, 1.54) is 0 Å². The molecule has 0 saturated heterocycles. The Morgan fingerprint density at radius 1 is 1.36 bits per heavy atom. The average Bonchev–Trinajstić information content (AvgIpc) is 2.50. The normalized spacial score (nSPS) is 26.1. The van der Waals surface area contributed by atoms with Gasteiger partial charge in [-0.1, -0.05) is 6.42 Å². The summed E-state index contributed by atoms with van der Waals surface area (Å²) in [5.74, 6) is -0.528. The van der Waals surface area contributed by atoms with E-state index in [4.69, 9.17) is 11.5 Å². The predicted octanol–water partition coefficient (Wildman–Crippen LogP) is -0.895. The highest BCUT2D eigenvalue weighted by atomic mass is 16.2. The number of nitrogens with two attached hydrogens (primary N) is 2. The molecular formula is C9H17N3O2. The van der Waals surface area contributed by atoms with Gasteiger partial charge in [-0.15, -0.1) is 0 Å². The Bertz CT molecular complexity index is 230. The van der Waals surface area contributed by atoms with E-state index in [2.05, 4.69) is 5.32 Å². The third-order valence-electron chi connectivity index (χ3n) is 2.58. The van der Waals surface area contributed by atoms with Crippen LogP contribution in [0.5, 0.6) is 0 Å². The van der Waals surface area contributed by atoms with Gasteiger partial charge in [0.05, 0.1) is 5.92 Å². The van der Waals surface area contributed by atoms with Crippen molar-refractivity contribution in [2.24, 2.45) is 17.4 Å². The van der Waals surface area contributed by atoms with Crippen molar-refractivity contribution in [2.45, 2.75) is 31.7 Å². The molecule has 1 aliphatic carbocycles. The fourth-order valence-corrected chi connectivity index (χ4v) is 1.75. The zero-order valence-corrected chi connectivity index (χ0v) is 8.16. The fourth-order valence-electron chi connectivity index (χ4n) is 1.75. The van der Waals surface area contributed by atoms with Crippen molar-refractivity contribution >= 4 is 11.8 Å². The van der Waals surface area contributed by atoms with Crippen molar-refractivity contribution < 1.29 is 9.59 Å². The predicted molar refractivity (Wildman–Crippen MR) is 52.1 cm³/mol. The van der Waals surface area contributed by atoms with E-state index in [9.17, 15) is 9.59 Å². The molecule has 0 spiro atoms. The van der Waals surface area contributed by atoms with E-state index >= 15 is 0 Å². The Morgan fingerprint density at radius 3 is 2.57 bits per heavy atom. The van der Waals surface area contributed by atoms with Crippen LogP contribution >= 0.6 is 0 Å². The summed E-state index contributed by atoms with van der Waals surface area (Å²) in [7, 11) is 0. The maximum absolute atomic E-state index is 11.5. The molecule has 14 heavy (non-hydrogen) atoms. The Kier molecular flexibility index (Phi) is 3.88. The lowest BCUT2D eigenvalue weighted by Crippen LogP contribution is -2.39. The quantitative estimate of drug-likeness (QED) is 0.547. The van der Waals surface area contributed by atoms with Gasteiger partial charge in [0, 0.05) is 19.0 Å². The lowest BCUT2D eigenvalue weighted by atomic mass is 10.0. The Morgan fingerprint density at radius 2 is 2.07 bits per heavy atom. The third kappa shape index (κ3) is 2.99. The molecule has 2 amide bonds. The van der Waals surface area contributed by atoms with Crippen molar-refractivity contribution in [3.63, 3.8) is 0 Å². The minimum absolute atomic E-state index is 0.0245. The van der Waals surface area contributed by atoms with Crippen molar-refractivity contribution in [3.8, 4) is 0 Å². The number of rotatable bonds is 4. The number of nitrogens with one attached hydrogen (secondary N) is 1. The van der Waals surface area contributed by atoms with Crippen LogP contribution < -0.4 is 16.8 Å². The van der Waals surface area contributed by atoms with Crippen LogP contribution in [0.25, 0.3) is 0 Å². The summed E-state index contributed by atoms with van der Waals surface area (Å²) in [6, 6.07) is -0.0245. The molecule has 5 N–H and O–H groups in total. The molecule has 1 aliphatic rings. The molecule has 1 saturated carbocycles. The van der Waals surface area contributed by atoms with Crippen LogP contribution in [0.4, 0.5) is 0 Å². The molecule has 0 aromatic carbocycles. The van der Waals surface area contributed by atoms with Crippen LogP contribution in [-0.2, 0) is 9.59 Å². The lowest BCUT2D eigenvalue weighted by Gasteiger charge is -2.14. The minimum Gasteiger partial charge on any atom is -0.370 e. The summed E-state index contributed by atoms with van der Waals surface area (Å²) in [6.45, 7) is 0.317. The summed E-state index contributed by atoms with van der Waals surface area (Å²) >= 11 is 0. The van der Waals surface area contributed by atoms with Crippen LogP contribution in [0.15, 0.2) is 0 Å². The fraction of sp³-hybridized carbons (Fsp3) is 0.778. The second kappa shape index (κ2) is 4.95. The summed E-state index contributed by atoms with van der Waals surface area (Å²) in [5, 5.41) is 2.67. The van der Waals surface area contributed by atoms with Crippen molar-refractivity contribution in [1.82, 2.24) is 5.32 Å². The van der Waals surface area contributed by atoms with Gasteiger partial charge in [-0.3, -0.25) is 9.59 Å². The molecule has 2 atom stereocenters.